The van der Waals surface area contributed by atoms with Gasteiger partial charge in [0.2, 0.25) is 0 Å². The molecule has 150 valence electrons. The van der Waals surface area contributed by atoms with E-state index in [9.17, 15) is 19.8 Å². The molecule has 4 rings (SSSR count). The first-order chi connectivity index (χ1) is 14.0. The van der Waals surface area contributed by atoms with Gasteiger partial charge in [-0.1, -0.05) is 61.2 Å². The van der Waals surface area contributed by atoms with Gasteiger partial charge in [-0.25, -0.2) is 0 Å². The molecule has 1 unspecified atom stereocenters. The number of likely N-dealkylation sites (tertiary alicyclic amines) is 1. The van der Waals surface area contributed by atoms with Crippen LogP contribution in [0.2, 0.25) is 0 Å². The molecule has 29 heavy (non-hydrogen) atoms. The lowest BCUT2D eigenvalue weighted by atomic mass is 9.91. The van der Waals surface area contributed by atoms with Crippen LogP contribution in [0.4, 0.5) is 0 Å². The molecule has 1 aliphatic carbocycles. The Morgan fingerprint density at radius 2 is 1.55 bits per heavy atom. The van der Waals surface area contributed by atoms with Crippen molar-refractivity contribution in [2.45, 2.75) is 51.1 Å². The van der Waals surface area contributed by atoms with Gasteiger partial charge in [0.05, 0.1) is 11.6 Å². The summed E-state index contributed by atoms with van der Waals surface area (Å²) in [5.74, 6) is -1.24. The number of phenols is 1. The zero-order chi connectivity index (χ0) is 20.5. The molecule has 1 amide bonds. The normalized spacial score (nSPS) is 22.2. The van der Waals surface area contributed by atoms with Crippen LogP contribution in [-0.4, -0.2) is 32.8 Å². The van der Waals surface area contributed by atoms with Crippen molar-refractivity contribution in [3.63, 3.8) is 0 Å². The number of hydrogen-bond donors (Lipinski definition) is 2. The Bertz CT molecular complexity index is 953. The quantitative estimate of drug-likeness (QED) is 0.460. The molecule has 1 atom stereocenters. The SMILES string of the molecule is Cc1ccc(/C(O)=C2/C(=O)C(=O)N(C3CCCCC3)C2c2ccc(O)cc2)cc1. The molecule has 2 aliphatic rings. The van der Waals surface area contributed by atoms with Gasteiger partial charge >= 0.3 is 0 Å². The van der Waals surface area contributed by atoms with Crippen molar-refractivity contribution in [1.82, 2.24) is 4.90 Å². The molecule has 2 fully saturated rings. The topological polar surface area (TPSA) is 77.8 Å². The number of rotatable bonds is 3. The van der Waals surface area contributed by atoms with Gasteiger partial charge in [0, 0.05) is 11.6 Å². The summed E-state index contributed by atoms with van der Waals surface area (Å²) < 4.78 is 0. The van der Waals surface area contributed by atoms with Crippen LogP contribution in [-0.2, 0) is 9.59 Å². The van der Waals surface area contributed by atoms with Crippen molar-refractivity contribution in [2.75, 3.05) is 0 Å². The van der Waals surface area contributed by atoms with Gasteiger partial charge in [-0.2, -0.15) is 0 Å². The molecular formula is C24H25NO4. The number of aryl methyl sites for hydroxylation is 1. The van der Waals surface area contributed by atoms with Crippen LogP contribution in [0.1, 0.15) is 54.8 Å². The van der Waals surface area contributed by atoms with E-state index in [2.05, 4.69) is 0 Å². The van der Waals surface area contributed by atoms with Crippen molar-refractivity contribution in [2.24, 2.45) is 0 Å². The molecule has 5 heteroatoms. The third-order valence-corrected chi connectivity index (χ3v) is 5.98. The molecule has 5 nitrogen and oxygen atoms in total. The first kappa shape index (κ1) is 19.2. The lowest BCUT2D eigenvalue weighted by molar-refractivity contribution is -0.141. The maximum absolute atomic E-state index is 13.0. The van der Waals surface area contributed by atoms with Crippen molar-refractivity contribution >= 4 is 17.4 Å². The highest BCUT2D eigenvalue weighted by Gasteiger charge is 2.48. The van der Waals surface area contributed by atoms with Gasteiger partial charge in [0.15, 0.2) is 0 Å². The van der Waals surface area contributed by atoms with Crippen LogP contribution in [0.3, 0.4) is 0 Å². The number of Topliss-reactive ketones (excluding diaryl/α,β-unsaturated/α-hetero) is 1. The number of aliphatic hydroxyl groups excluding tert-OH is 1. The van der Waals surface area contributed by atoms with Crippen LogP contribution >= 0.6 is 0 Å². The van der Waals surface area contributed by atoms with E-state index in [4.69, 9.17) is 0 Å². The number of benzene rings is 2. The Balaban J connectivity index is 1.86. The summed E-state index contributed by atoms with van der Waals surface area (Å²) in [5, 5.41) is 20.7. The Hall–Kier alpha value is -3.08. The minimum Gasteiger partial charge on any atom is -0.508 e. The predicted molar refractivity (Wildman–Crippen MR) is 110 cm³/mol. The Morgan fingerprint density at radius 3 is 2.17 bits per heavy atom. The second-order valence-corrected chi connectivity index (χ2v) is 7.96. The highest BCUT2D eigenvalue weighted by molar-refractivity contribution is 6.46. The average molecular weight is 391 g/mol. The number of ketones is 1. The number of phenolic OH excluding ortho intramolecular Hbond substituents is 1. The van der Waals surface area contributed by atoms with E-state index in [0.717, 1.165) is 37.7 Å². The van der Waals surface area contributed by atoms with Crippen molar-refractivity contribution in [1.29, 1.82) is 0 Å². The van der Waals surface area contributed by atoms with Crippen LogP contribution in [0.5, 0.6) is 5.75 Å². The van der Waals surface area contributed by atoms with E-state index in [0.29, 0.717) is 11.1 Å². The third kappa shape index (κ3) is 3.53. The summed E-state index contributed by atoms with van der Waals surface area (Å²) in [4.78, 5) is 27.7. The summed E-state index contributed by atoms with van der Waals surface area (Å²) >= 11 is 0. The van der Waals surface area contributed by atoms with Crippen molar-refractivity contribution < 1.29 is 19.8 Å². The second kappa shape index (κ2) is 7.74. The van der Waals surface area contributed by atoms with Gasteiger partial charge < -0.3 is 15.1 Å². The second-order valence-electron chi connectivity index (χ2n) is 7.96. The van der Waals surface area contributed by atoms with E-state index in [1.54, 1.807) is 41.3 Å². The molecule has 0 radical (unpaired) electrons. The lowest BCUT2D eigenvalue weighted by Gasteiger charge is -2.35. The largest absolute Gasteiger partial charge is 0.508 e. The van der Waals surface area contributed by atoms with E-state index in [-0.39, 0.29) is 23.1 Å². The molecule has 2 aromatic rings. The molecule has 1 aliphatic heterocycles. The summed E-state index contributed by atoms with van der Waals surface area (Å²) in [5.41, 5.74) is 2.39. The first-order valence-electron chi connectivity index (χ1n) is 10.1. The van der Waals surface area contributed by atoms with E-state index < -0.39 is 17.7 Å². The fourth-order valence-electron chi connectivity index (χ4n) is 4.44. The zero-order valence-electron chi connectivity index (χ0n) is 16.5. The van der Waals surface area contributed by atoms with Crippen LogP contribution < -0.4 is 0 Å². The predicted octanol–water partition coefficient (Wildman–Crippen LogP) is 4.46. The number of carbonyl (C=O) groups is 2. The fraction of sp³-hybridized carbons (Fsp3) is 0.333. The minimum atomic E-state index is -0.653. The van der Waals surface area contributed by atoms with E-state index in [1.807, 2.05) is 19.1 Å². The summed E-state index contributed by atoms with van der Waals surface area (Å²) in [7, 11) is 0. The van der Waals surface area contributed by atoms with Crippen molar-refractivity contribution in [3.05, 3.63) is 70.8 Å². The van der Waals surface area contributed by atoms with Gasteiger partial charge in [0.1, 0.15) is 11.5 Å². The molecule has 1 saturated carbocycles. The summed E-state index contributed by atoms with van der Waals surface area (Å²) in [6, 6.07) is 13.1. The monoisotopic (exact) mass is 391 g/mol. The molecule has 1 heterocycles. The average Bonchev–Trinajstić information content (AvgIpc) is 3.00. The number of aromatic hydroxyl groups is 1. The Morgan fingerprint density at radius 1 is 0.931 bits per heavy atom. The Kier molecular flexibility index (Phi) is 5.14. The zero-order valence-corrected chi connectivity index (χ0v) is 16.5. The molecule has 2 N–H and O–H groups in total. The lowest BCUT2D eigenvalue weighted by Crippen LogP contribution is -2.40. The third-order valence-electron chi connectivity index (χ3n) is 5.98. The summed E-state index contributed by atoms with van der Waals surface area (Å²) in [6.07, 6.45) is 4.88. The number of nitrogens with zero attached hydrogens (tertiary/aromatic N) is 1. The Labute approximate surface area is 170 Å². The highest BCUT2D eigenvalue weighted by atomic mass is 16.3. The van der Waals surface area contributed by atoms with Gasteiger partial charge in [-0.15, -0.1) is 0 Å². The molecule has 0 aromatic heterocycles. The molecule has 2 aromatic carbocycles. The van der Waals surface area contributed by atoms with Gasteiger partial charge in [-0.3, -0.25) is 9.59 Å². The molecule has 0 spiro atoms. The van der Waals surface area contributed by atoms with E-state index in [1.165, 1.54) is 0 Å². The first-order valence-corrected chi connectivity index (χ1v) is 10.1. The molecule has 0 bridgehead atoms. The number of aliphatic hydroxyl groups is 1. The fourth-order valence-corrected chi connectivity index (χ4v) is 4.44. The maximum Gasteiger partial charge on any atom is 0.295 e. The maximum atomic E-state index is 13.0. The smallest absolute Gasteiger partial charge is 0.295 e. The van der Waals surface area contributed by atoms with Crippen LogP contribution in [0.15, 0.2) is 54.1 Å². The molecular weight excluding hydrogens is 366 g/mol. The van der Waals surface area contributed by atoms with Crippen molar-refractivity contribution in [3.8, 4) is 5.75 Å². The van der Waals surface area contributed by atoms with Crippen LogP contribution in [0.25, 0.3) is 5.76 Å². The molecule has 1 saturated heterocycles. The number of amides is 1. The van der Waals surface area contributed by atoms with Gasteiger partial charge in [0.25, 0.3) is 11.7 Å². The highest BCUT2D eigenvalue weighted by Crippen LogP contribution is 2.43. The number of hydrogen-bond acceptors (Lipinski definition) is 4. The summed E-state index contributed by atoms with van der Waals surface area (Å²) in [6.45, 7) is 1.95. The standard InChI is InChI=1S/C24H25NO4/c1-15-7-9-17(10-8-15)22(27)20-21(16-11-13-19(26)14-12-16)25(24(29)23(20)28)18-5-3-2-4-6-18/h7-14,18,21,26-27H,2-6H2,1H3/b22-20-. The minimum absolute atomic E-state index is 0.0256. The van der Waals surface area contributed by atoms with Crippen LogP contribution in [0, 0.1) is 6.92 Å². The van der Waals surface area contributed by atoms with Gasteiger partial charge in [-0.05, 0) is 37.5 Å². The number of carbonyl (C=O) groups excluding carboxylic acids is 2. The van der Waals surface area contributed by atoms with E-state index >= 15 is 0 Å².